The number of nitrogens with zero attached hydrogens (tertiary/aromatic N) is 1. The summed E-state index contributed by atoms with van der Waals surface area (Å²) in [6.07, 6.45) is 0.0707. The number of rotatable bonds is 13. The predicted molar refractivity (Wildman–Crippen MR) is 139 cm³/mol. The molecule has 0 aromatic heterocycles. The minimum atomic E-state index is -1.53. The minimum absolute atomic E-state index is 0.0853. The lowest BCUT2D eigenvalue weighted by Crippen LogP contribution is -2.35. The minimum Gasteiger partial charge on any atom is -0.475 e. The molecule has 0 radical (unpaired) electrons. The number of likely N-dealkylation sites (tertiary alicyclic amines) is 1. The van der Waals surface area contributed by atoms with Crippen molar-refractivity contribution in [1.82, 2.24) is 10.2 Å². The molecule has 0 spiro atoms. The number of nitrogens with one attached hydrogen (secondary N) is 1. The summed E-state index contributed by atoms with van der Waals surface area (Å²) in [7, 11) is 3.03. The second-order valence-electron chi connectivity index (χ2n) is 9.39. The van der Waals surface area contributed by atoms with Gasteiger partial charge in [-0.1, -0.05) is 63.1 Å². The molecule has 1 heterocycles. The molecule has 0 bridgehead atoms. The van der Waals surface area contributed by atoms with Gasteiger partial charge in [0.2, 0.25) is 17.7 Å². The van der Waals surface area contributed by atoms with Gasteiger partial charge in [-0.05, 0) is 0 Å². The number of carbonyl (C=O) groups excluding carboxylic acids is 4. The Morgan fingerprint density at radius 1 is 1.06 bits per heavy atom. The number of amides is 3. The maximum Gasteiger partial charge on any atom is 0.373 e. The number of thioether (sulfide) groups is 2. The maximum absolute atomic E-state index is 12.5. The topological polar surface area (TPSA) is 121 Å². The molecule has 1 aliphatic rings. The summed E-state index contributed by atoms with van der Waals surface area (Å²) in [6, 6.07) is 0. The van der Waals surface area contributed by atoms with Crippen LogP contribution in [0.1, 0.15) is 54.4 Å². The number of aliphatic carboxylic acids is 1. The van der Waals surface area contributed by atoms with E-state index in [0.29, 0.717) is 24.6 Å². The summed E-state index contributed by atoms with van der Waals surface area (Å²) in [5, 5.41) is 10.5. The van der Waals surface area contributed by atoms with E-state index in [2.05, 4.69) is 5.32 Å². The van der Waals surface area contributed by atoms with Gasteiger partial charge >= 0.3 is 5.97 Å². The predicted octanol–water partition coefficient (Wildman–Crippen LogP) is 3.09. The van der Waals surface area contributed by atoms with Gasteiger partial charge in [-0.2, -0.15) is 0 Å². The molecule has 3 amide bonds. The first-order chi connectivity index (χ1) is 15.1. The van der Waals surface area contributed by atoms with Crippen LogP contribution in [0.15, 0.2) is 0 Å². The van der Waals surface area contributed by atoms with E-state index in [0.717, 1.165) is 0 Å². The largest absolute Gasteiger partial charge is 0.475 e. The summed E-state index contributed by atoms with van der Waals surface area (Å²) in [6.45, 7) is 12.4. The first-order valence-electron chi connectivity index (χ1n) is 10.6. The molecular weight excluding hydrogens is 505 g/mol. The van der Waals surface area contributed by atoms with Crippen molar-refractivity contribution in [2.24, 2.45) is 0 Å². The van der Waals surface area contributed by atoms with Gasteiger partial charge in [0.25, 0.3) is 5.78 Å². The van der Waals surface area contributed by atoms with Crippen LogP contribution in [0.4, 0.5) is 0 Å². The van der Waals surface area contributed by atoms with Crippen molar-refractivity contribution >= 4 is 74.6 Å². The van der Waals surface area contributed by atoms with Crippen LogP contribution in [0.2, 0.25) is 0 Å². The van der Waals surface area contributed by atoms with E-state index in [1.807, 2.05) is 41.5 Å². The lowest BCUT2D eigenvalue weighted by molar-refractivity contribution is -0.149. The first-order valence-corrected chi connectivity index (χ1v) is 14.8. The van der Waals surface area contributed by atoms with Crippen molar-refractivity contribution in [2.75, 3.05) is 24.6 Å². The Kier molecular flexibility index (Phi) is 12.2. The van der Waals surface area contributed by atoms with E-state index in [4.69, 9.17) is 5.11 Å². The Hall–Kier alpha value is -0.850. The van der Waals surface area contributed by atoms with Crippen molar-refractivity contribution in [3.63, 3.8) is 0 Å². The van der Waals surface area contributed by atoms with Gasteiger partial charge in [0.1, 0.15) is 0 Å². The van der Waals surface area contributed by atoms with E-state index in [9.17, 15) is 24.0 Å². The monoisotopic (exact) mass is 538 g/mol. The molecule has 1 rings (SSSR count). The molecular formula is C21H34N2O6S4. The molecule has 188 valence electrons. The third-order valence-electron chi connectivity index (χ3n) is 4.06. The van der Waals surface area contributed by atoms with Gasteiger partial charge in [-0.25, -0.2) is 4.79 Å². The molecule has 2 N–H and O–H groups in total. The lowest BCUT2D eigenvalue weighted by atomic mass is 10.2. The smallest absolute Gasteiger partial charge is 0.373 e. The molecule has 1 aliphatic heterocycles. The fourth-order valence-corrected chi connectivity index (χ4v) is 7.34. The number of carboxylic acids is 1. The summed E-state index contributed by atoms with van der Waals surface area (Å²) in [5.41, 5.74) is 0. The number of hydrogen-bond acceptors (Lipinski definition) is 9. The van der Waals surface area contributed by atoms with Gasteiger partial charge in [0, 0.05) is 46.9 Å². The molecule has 1 fully saturated rings. The summed E-state index contributed by atoms with van der Waals surface area (Å²) < 4.78 is -0.440. The van der Waals surface area contributed by atoms with Gasteiger partial charge in [0.15, 0.2) is 0 Å². The lowest BCUT2D eigenvalue weighted by Gasteiger charge is -2.23. The van der Waals surface area contributed by atoms with Crippen molar-refractivity contribution in [3.05, 3.63) is 0 Å². The maximum atomic E-state index is 12.5. The number of carbonyl (C=O) groups is 5. The van der Waals surface area contributed by atoms with Crippen LogP contribution in [0.3, 0.4) is 0 Å². The normalized spacial score (nSPS) is 17.9. The molecule has 0 aromatic carbocycles. The number of hydrogen-bond donors (Lipinski definition) is 2. The highest BCUT2D eigenvalue weighted by molar-refractivity contribution is 8.76. The molecule has 0 aromatic rings. The molecule has 8 nitrogen and oxygen atoms in total. The fraction of sp³-hybridized carbons (Fsp3) is 0.762. The summed E-state index contributed by atoms with van der Waals surface area (Å²) >= 11 is 2.69. The zero-order valence-corrected chi connectivity index (χ0v) is 23.2. The Labute approximate surface area is 212 Å². The van der Waals surface area contributed by atoms with Crippen molar-refractivity contribution in [2.45, 2.75) is 74.4 Å². The molecule has 1 saturated heterocycles. The highest BCUT2D eigenvalue weighted by Crippen LogP contribution is 2.35. The van der Waals surface area contributed by atoms with Gasteiger partial charge in [-0.3, -0.25) is 24.1 Å². The van der Waals surface area contributed by atoms with Crippen molar-refractivity contribution in [3.8, 4) is 0 Å². The van der Waals surface area contributed by atoms with E-state index < -0.39 is 17.0 Å². The number of Topliss-reactive ketones (excluding diaryl/α,β-unsaturated/α-hetero) is 1. The standard InChI is InChI=1S/C21H34N2O6S4/c1-20(2,3)32-13(17(26)19(28)29)11-15(24)22-7-9-30-31-10-8-23-16(25)12-14(18(23)27)33-21(4,5)6/h13-14H,7-12H2,1-6H3,(H,22,24)(H,28,29). The Morgan fingerprint density at radius 3 is 2.21 bits per heavy atom. The van der Waals surface area contributed by atoms with Crippen LogP contribution in [0.25, 0.3) is 0 Å². The van der Waals surface area contributed by atoms with Gasteiger partial charge < -0.3 is 10.4 Å². The highest BCUT2D eigenvalue weighted by Gasteiger charge is 2.40. The SMILES string of the molecule is CC(C)(C)SC(CC(=O)NCCSSCCN1C(=O)CC(SC(C)(C)C)C1=O)C(=O)C(=O)O. The Bertz CT molecular complexity index is 748. The second kappa shape index (κ2) is 13.3. The summed E-state index contributed by atoms with van der Waals surface area (Å²) in [4.78, 5) is 61.0. The van der Waals surface area contributed by atoms with Crippen LogP contribution in [0.5, 0.6) is 0 Å². The van der Waals surface area contributed by atoms with Crippen molar-refractivity contribution in [1.29, 1.82) is 0 Å². The summed E-state index contributed by atoms with van der Waals surface area (Å²) in [5.74, 6) is -1.91. The Morgan fingerprint density at radius 2 is 1.67 bits per heavy atom. The highest BCUT2D eigenvalue weighted by atomic mass is 33.1. The van der Waals surface area contributed by atoms with E-state index in [1.54, 1.807) is 0 Å². The average molecular weight is 539 g/mol. The number of carboxylic acid groups (broad SMARTS) is 1. The average Bonchev–Trinajstić information content (AvgIpc) is 2.90. The molecule has 0 saturated carbocycles. The zero-order chi connectivity index (χ0) is 25.4. The van der Waals surface area contributed by atoms with Crippen LogP contribution in [-0.2, 0) is 24.0 Å². The first kappa shape index (κ1) is 30.2. The molecule has 2 atom stereocenters. The quantitative estimate of drug-likeness (QED) is 0.157. The van der Waals surface area contributed by atoms with E-state index >= 15 is 0 Å². The third-order valence-corrected chi connectivity index (χ3v) is 9.18. The molecule has 33 heavy (non-hydrogen) atoms. The van der Waals surface area contributed by atoms with Crippen LogP contribution < -0.4 is 5.32 Å². The van der Waals surface area contributed by atoms with E-state index in [-0.39, 0.29) is 45.3 Å². The van der Waals surface area contributed by atoms with Crippen LogP contribution >= 0.6 is 45.1 Å². The number of ketones is 1. The molecule has 0 aliphatic carbocycles. The zero-order valence-electron chi connectivity index (χ0n) is 20.0. The fourth-order valence-electron chi connectivity index (χ4n) is 2.88. The number of imide groups is 1. The molecule has 12 heteroatoms. The van der Waals surface area contributed by atoms with Crippen molar-refractivity contribution < 1.29 is 29.1 Å². The van der Waals surface area contributed by atoms with Gasteiger partial charge in [-0.15, -0.1) is 23.5 Å². The van der Waals surface area contributed by atoms with E-state index in [1.165, 1.54) is 50.0 Å². The van der Waals surface area contributed by atoms with Gasteiger partial charge in [0.05, 0.1) is 10.5 Å². The Balaban J connectivity index is 2.30. The van der Waals surface area contributed by atoms with Crippen LogP contribution in [0, 0.1) is 0 Å². The van der Waals surface area contributed by atoms with Crippen LogP contribution in [-0.4, -0.2) is 84.1 Å². The molecule has 2 unspecified atom stereocenters. The third kappa shape index (κ3) is 11.9. The second-order valence-corrected chi connectivity index (χ2v) is 16.2.